The highest BCUT2D eigenvalue weighted by Gasteiger charge is 2.16. The Hall–Kier alpha value is -2.61. The molecule has 30 heavy (non-hydrogen) atoms. The molecule has 0 aliphatic rings. The number of anilines is 1. The Morgan fingerprint density at radius 3 is 2.43 bits per heavy atom. The van der Waals surface area contributed by atoms with E-state index in [-0.39, 0.29) is 15.5 Å². The summed E-state index contributed by atoms with van der Waals surface area (Å²) >= 11 is 12.4. The van der Waals surface area contributed by atoms with Gasteiger partial charge in [-0.3, -0.25) is 9.78 Å². The molecule has 2 aromatic carbocycles. The predicted molar refractivity (Wildman–Crippen MR) is 118 cm³/mol. The number of halogens is 2. The van der Waals surface area contributed by atoms with Gasteiger partial charge in [0.15, 0.2) is 9.84 Å². The van der Waals surface area contributed by atoms with Gasteiger partial charge in [0.1, 0.15) is 5.75 Å². The average Bonchev–Trinajstić information content (AvgIpc) is 2.69. The molecular formula is C21H18Cl2N2O4S. The molecule has 0 radical (unpaired) electrons. The molecule has 0 unspecified atom stereocenters. The molecule has 0 atom stereocenters. The lowest BCUT2D eigenvalue weighted by Gasteiger charge is -2.11. The van der Waals surface area contributed by atoms with E-state index in [1.54, 1.807) is 36.5 Å². The number of ether oxygens (including phenoxy) is 1. The first-order valence-corrected chi connectivity index (χ1v) is 11.5. The number of hydrogen-bond acceptors (Lipinski definition) is 5. The zero-order valence-corrected chi connectivity index (χ0v) is 18.5. The van der Waals surface area contributed by atoms with Crippen molar-refractivity contribution in [1.82, 2.24) is 4.98 Å². The Morgan fingerprint density at radius 2 is 1.83 bits per heavy atom. The smallest absolute Gasteiger partial charge is 0.257 e. The van der Waals surface area contributed by atoms with Crippen molar-refractivity contribution in [2.75, 3.05) is 18.2 Å². The second-order valence-electron chi connectivity index (χ2n) is 6.37. The molecule has 0 bridgehead atoms. The van der Waals surface area contributed by atoms with Gasteiger partial charge in [-0.05, 0) is 55.5 Å². The molecule has 9 heteroatoms. The summed E-state index contributed by atoms with van der Waals surface area (Å²) < 4.78 is 28.7. The van der Waals surface area contributed by atoms with E-state index in [1.165, 1.54) is 18.2 Å². The lowest BCUT2D eigenvalue weighted by molar-refractivity contribution is 0.102. The number of nitrogens with one attached hydrogen (secondary N) is 1. The highest BCUT2D eigenvalue weighted by molar-refractivity contribution is 7.90. The predicted octanol–water partition coefficient (Wildman–Crippen LogP) is 5.11. The van der Waals surface area contributed by atoms with Crippen molar-refractivity contribution < 1.29 is 17.9 Å². The third-order valence-electron chi connectivity index (χ3n) is 4.16. The van der Waals surface area contributed by atoms with Crippen LogP contribution in [0.15, 0.2) is 59.6 Å². The van der Waals surface area contributed by atoms with Crippen LogP contribution in [-0.4, -0.2) is 32.2 Å². The number of benzene rings is 2. The number of hydrogen-bond donors (Lipinski definition) is 1. The van der Waals surface area contributed by atoms with Crippen LogP contribution < -0.4 is 10.1 Å². The van der Waals surface area contributed by atoms with E-state index >= 15 is 0 Å². The van der Waals surface area contributed by atoms with Gasteiger partial charge in [0.2, 0.25) is 0 Å². The van der Waals surface area contributed by atoms with Crippen molar-refractivity contribution in [3.63, 3.8) is 0 Å². The minimum atomic E-state index is -3.42. The lowest BCUT2D eigenvalue weighted by Crippen LogP contribution is -2.13. The highest BCUT2D eigenvalue weighted by atomic mass is 35.5. The molecule has 1 N–H and O–H groups in total. The molecule has 0 spiro atoms. The summed E-state index contributed by atoms with van der Waals surface area (Å²) in [6, 6.07) is 12.5. The van der Waals surface area contributed by atoms with Crippen LogP contribution in [0.5, 0.6) is 5.75 Å². The van der Waals surface area contributed by atoms with Gasteiger partial charge < -0.3 is 10.1 Å². The normalized spacial score (nSPS) is 11.2. The number of carbonyl (C=O) groups excluding carboxylic acids is 1. The molecule has 0 saturated carbocycles. The number of pyridine rings is 1. The fourth-order valence-corrected chi connectivity index (χ4v) is 3.89. The Kier molecular flexibility index (Phi) is 6.65. The fraction of sp³-hybridized carbons (Fsp3) is 0.143. The van der Waals surface area contributed by atoms with Gasteiger partial charge in [0.05, 0.1) is 39.0 Å². The Labute approximate surface area is 184 Å². The summed E-state index contributed by atoms with van der Waals surface area (Å²) in [5.41, 5.74) is 1.89. The number of aromatic nitrogens is 1. The molecule has 0 aliphatic carbocycles. The molecule has 156 valence electrons. The Morgan fingerprint density at radius 1 is 1.07 bits per heavy atom. The van der Waals surface area contributed by atoms with E-state index in [0.717, 1.165) is 6.26 Å². The molecule has 0 aliphatic heterocycles. The minimum absolute atomic E-state index is 0.0396. The standard InChI is InChI=1S/C21H18Cl2N2O4S/c1-3-29-14-5-9-20(24-12-14)17-10-13(4-8-18(17)22)25-21(26)16-7-6-15(11-19(16)23)30(2,27)28/h4-12H,3H2,1-2H3,(H,25,26). The average molecular weight is 465 g/mol. The van der Waals surface area contributed by atoms with Crippen LogP contribution in [0.25, 0.3) is 11.3 Å². The van der Waals surface area contributed by atoms with E-state index in [0.29, 0.717) is 34.3 Å². The summed E-state index contributed by atoms with van der Waals surface area (Å²) in [7, 11) is -3.42. The van der Waals surface area contributed by atoms with Gasteiger partial charge in [0.25, 0.3) is 5.91 Å². The van der Waals surface area contributed by atoms with E-state index in [4.69, 9.17) is 27.9 Å². The molecule has 3 aromatic rings. The van der Waals surface area contributed by atoms with Crippen LogP contribution in [0.2, 0.25) is 10.0 Å². The van der Waals surface area contributed by atoms with Gasteiger partial charge in [0, 0.05) is 17.5 Å². The summed E-state index contributed by atoms with van der Waals surface area (Å²) in [4.78, 5) is 17.0. The molecule has 1 amide bonds. The number of sulfone groups is 1. The topological polar surface area (TPSA) is 85.4 Å². The molecule has 0 fully saturated rings. The lowest BCUT2D eigenvalue weighted by atomic mass is 10.1. The molecule has 0 saturated heterocycles. The summed E-state index contributed by atoms with van der Waals surface area (Å²) in [5, 5.41) is 3.25. The Bertz CT molecular complexity index is 1200. The van der Waals surface area contributed by atoms with Crippen molar-refractivity contribution in [3.05, 3.63) is 70.3 Å². The maximum absolute atomic E-state index is 12.6. The third kappa shape index (κ3) is 5.11. The van der Waals surface area contributed by atoms with Crippen molar-refractivity contribution in [2.24, 2.45) is 0 Å². The quantitative estimate of drug-likeness (QED) is 0.547. The van der Waals surface area contributed by atoms with Gasteiger partial charge in [-0.25, -0.2) is 8.42 Å². The second-order valence-corrected chi connectivity index (χ2v) is 9.20. The van der Waals surface area contributed by atoms with E-state index in [1.807, 2.05) is 6.92 Å². The van der Waals surface area contributed by atoms with Crippen LogP contribution in [0.1, 0.15) is 17.3 Å². The third-order valence-corrected chi connectivity index (χ3v) is 5.91. The first-order valence-electron chi connectivity index (χ1n) is 8.88. The van der Waals surface area contributed by atoms with Gasteiger partial charge in [-0.2, -0.15) is 0 Å². The number of carbonyl (C=O) groups is 1. The van der Waals surface area contributed by atoms with E-state index in [2.05, 4.69) is 10.3 Å². The van der Waals surface area contributed by atoms with Crippen molar-refractivity contribution in [1.29, 1.82) is 0 Å². The monoisotopic (exact) mass is 464 g/mol. The van der Waals surface area contributed by atoms with Crippen molar-refractivity contribution >= 4 is 44.6 Å². The minimum Gasteiger partial charge on any atom is -0.492 e. The maximum atomic E-state index is 12.6. The molecule has 6 nitrogen and oxygen atoms in total. The van der Waals surface area contributed by atoms with Crippen LogP contribution in [0, 0.1) is 0 Å². The summed E-state index contributed by atoms with van der Waals surface area (Å²) in [6.45, 7) is 2.43. The Balaban J connectivity index is 1.85. The van der Waals surface area contributed by atoms with Crippen LogP contribution in [0.3, 0.4) is 0 Å². The highest BCUT2D eigenvalue weighted by Crippen LogP contribution is 2.31. The first kappa shape index (κ1) is 22.1. The number of nitrogens with zero attached hydrogens (tertiary/aromatic N) is 1. The van der Waals surface area contributed by atoms with E-state index in [9.17, 15) is 13.2 Å². The van der Waals surface area contributed by atoms with Gasteiger partial charge >= 0.3 is 0 Å². The molecular weight excluding hydrogens is 447 g/mol. The van der Waals surface area contributed by atoms with Gasteiger partial charge in [-0.15, -0.1) is 0 Å². The molecule has 1 heterocycles. The second kappa shape index (κ2) is 9.04. The molecule has 1 aromatic heterocycles. The van der Waals surface area contributed by atoms with Crippen molar-refractivity contribution in [3.8, 4) is 17.0 Å². The summed E-state index contributed by atoms with van der Waals surface area (Å²) in [6.07, 6.45) is 2.67. The zero-order chi connectivity index (χ0) is 21.9. The summed E-state index contributed by atoms with van der Waals surface area (Å²) in [5.74, 6) is 0.169. The van der Waals surface area contributed by atoms with Crippen LogP contribution in [0.4, 0.5) is 5.69 Å². The SMILES string of the molecule is CCOc1ccc(-c2cc(NC(=O)c3ccc(S(C)(=O)=O)cc3Cl)ccc2Cl)nc1. The zero-order valence-electron chi connectivity index (χ0n) is 16.1. The van der Waals surface area contributed by atoms with Crippen LogP contribution >= 0.6 is 23.2 Å². The largest absolute Gasteiger partial charge is 0.492 e. The van der Waals surface area contributed by atoms with Gasteiger partial charge in [-0.1, -0.05) is 23.2 Å². The van der Waals surface area contributed by atoms with Crippen molar-refractivity contribution in [2.45, 2.75) is 11.8 Å². The van der Waals surface area contributed by atoms with E-state index < -0.39 is 15.7 Å². The number of rotatable bonds is 6. The van der Waals surface area contributed by atoms with Crippen LogP contribution in [-0.2, 0) is 9.84 Å². The first-order chi connectivity index (χ1) is 14.2. The maximum Gasteiger partial charge on any atom is 0.257 e. The fourth-order valence-electron chi connectivity index (χ4n) is 2.70. The molecule has 3 rings (SSSR count). The number of amides is 1.